The molecule has 106 valence electrons. The molecule has 0 radical (unpaired) electrons. The van der Waals surface area contributed by atoms with Crippen LogP contribution in [0.2, 0.25) is 0 Å². The second-order valence-corrected chi connectivity index (χ2v) is 5.57. The quantitative estimate of drug-likeness (QED) is 0.793. The minimum absolute atomic E-state index is 0.295. The minimum atomic E-state index is -0.589. The van der Waals surface area contributed by atoms with Crippen LogP contribution in [0.15, 0.2) is 30.5 Å². The highest BCUT2D eigenvalue weighted by Gasteiger charge is 2.22. The molecule has 1 fully saturated rings. The lowest BCUT2D eigenvalue weighted by atomic mass is 10.1. The van der Waals surface area contributed by atoms with Crippen LogP contribution in [0.25, 0.3) is 10.9 Å². The molecule has 1 heterocycles. The van der Waals surface area contributed by atoms with Crippen LogP contribution in [0.4, 0.5) is 0 Å². The first-order chi connectivity index (χ1) is 9.74. The van der Waals surface area contributed by atoms with E-state index in [1.807, 2.05) is 30.5 Å². The Morgan fingerprint density at radius 3 is 3.00 bits per heavy atom. The molecule has 0 saturated heterocycles. The van der Waals surface area contributed by atoms with E-state index >= 15 is 0 Å². The smallest absolute Gasteiger partial charge is 0.323 e. The zero-order chi connectivity index (χ0) is 13.9. The van der Waals surface area contributed by atoms with Crippen molar-refractivity contribution < 1.29 is 9.53 Å². The molecule has 4 heteroatoms. The van der Waals surface area contributed by atoms with Crippen molar-refractivity contribution in [1.82, 2.24) is 4.98 Å². The third-order valence-corrected chi connectivity index (χ3v) is 3.88. The lowest BCUT2D eigenvalue weighted by molar-refractivity contribution is -0.145. The fourth-order valence-corrected chi connectivity index (χ4v) is 2.46. The number of carbonyl (C=O) groups excluding carboxylic acids is 1. The highest BCUT2D eigenvalue weighted by Crippen LogP contribution is 2.32. The molecule has 1 aliphatic carbocycles. The summed E-state index contributed by atoms with van der Waals surface area (Å²) >= 11 is 0. The standard InChI is InChI=1S/C16H20N2O2/c17-14(16(19)20-8-7-11-5-6-11)9-12-10-18-15-4-2-1-3-13(12)15/h1-4,10-11,14,18H,5-9,17H2/t14-/m1/s1. The summed E-state index contributed by atoms with van der Waals surface area (Å²) in [6.45, 7) is 0.505. The molecule has 3 rings (SSSR count). The first-order valence-corrected chi connectivity index (χ1v) is 7.21. The van der Waals surface area contributed by atoms with Gasteiger partial charge in [-0.3, -0.25) is 4.79 Å². The average molecular weight is 272 g/mol. The van der Waals surface area contributed by atoms with E-state index in [-0.39, 0.29) is 5.97 Å². The van der Waals surface area contributed by atoms with Crippen molar-refractivity contribution in [3.63, 3.8) is 0 Å². The zero-order valence-corrected chi connectivity index (χ0v) is 11.5. The highest BCUT2D eigenvalue weighted by atomic mass is 16.5. The minimum Gasteiger partial charge on any atom is -0.465 e. The Kier molecular flexibility index (Phi) is 3.74. The summed E-state index contributed by atoms with van der Waals surface area (Å²) in [7, 11) is 0. The van der Waals surface area contributed by atoms with E-state index in [4.69, 9.17) is 10.5 Å². The molecule has 1 aromatic carbocycles. The SMILES string of the molecule is N[C@H](Cc1c[nH]c2ccccc12)C(=O)OCCC1CC1. The van der Waals surface area contributed by atoms with Crippen molar-refractivity contribution in [3.05, 3.63) is 36.0 Å². The molecular formula is C16H20N2O2. The van der Waals surface area contributed by atoms with E-state index < -0.39 is 6.04 Å². The normalized spacial score (nSPS) is 16.2. The first-order valence-electron chi connectivity index (χ1n) is 7.21. The molecule has 2 aromatic rings. The molecule has 20 heavy (non-hydrogen) atoms. The number of nitrogens with one attached hydrogen (secondary N) is 1. The number of H-pyrrole nitrogens is 1. The Morgan fingerprint density at radius 1 is 1.40 bits per heavy atom. The lowest BCUT2D eigenvalue weighted by Crippen LogP contribution is -2.34. The maximum atomic E-state index is 11.8. The van der Waals surface area contributed by atoms with Crippen LogP contribution in [0, 0.1) is 5.92 Å². The fraction of sp³-hybridized carbons (Fsp3) is 0.438. The number of esters is 1. The summed E-state index contributed by atoms with van der Waals surface area (Å²) in [6, 6.07) is 7.42. The number of aromatic nitrogens is 1. The van der Waals surface area contributed by atoms with E-state index in [1.54, 1.807) is 0 Å². The van der Waals surface area contributed by atoms with Crippen LogP contribution in [0.1, 0.15) is 24.8 Å². The Bertz CT molecular complexity index is 601. The number of fused-ring (bicyclic) bond motifs is 1. The summed E-state index contributed by atoms with van der Waals surface area (Å²) in [5.74, 6) is 0.476. The van der Waals surface area contributed by atoms with Crippen molar-refractivity contribution in [2.24, 2.45) is 11.7 Å². The second kappa shape index (κ2) is 5.67. The zero-order valence-electron chi connectivity index (χ0n) is 11.5. The van der Waals surface area contributed by atoms with Crippen LogP contribution in [0.5, 0.6) is 0 Å². The van der Waals surface area contributed by atoms with Gasteiger partial charge < -0.3 is 15.5 Å². The number of para-hydroxylation sites is 1. The van der Waals surface area contributed by atoms with Gasteiger partial charge in [0.15, 0.2) is 0 Å². The summed E-state index contributed by atoms with van der Waals surface area (Å²) in [6.07, 6.45) is 5.96. The summed E-state index contributed by atoms with van der Waals surface area (Å²) in [4.78, 5) is 15.0. The van der Waals surface area contributed by atoms with Gasteiger partial charge in [0.1, 0.15) is 6.04 Å². The van der Waals surface area contributed by atoms with Gasteiger partial charge in [-0.05, 0) is 24.0 Å². The largest absolute Gasteiger partial charge is 0.465 e. The Morgan fingerprint density at radius 2 is 2.20 bits per heavy atom. The summed E-state index contributed by atoms with van der Waals surface area (Å²) < 4.78 is 5.24. The number of hydrogen-bond acceptors (Lipinski definition) is 3. The number of ether oxygens (including phenoxy) is 1. The number of rotatable bonds is 6. The van der Waals surface area contributed by atoms with E-state index in [9.17, 15) is 4.79 Å². The van der Waals surface area contributed by atoms with Gasteiger partial charge in [-0.25, -0.2) is 0 Å². The second-order valence-electron chi connectivity index (χ2n) is 5.57. The van der Waals surface area contributed by atoms with Gasteiger partial charge in [-0.2, -0.15) is 0 Å². The van der Waals surface area contributed by atoms with E-state index in [0.29, 0.717) is 13.0 Å². The average Bonchev–Trinajstić information content (AvgIpc) is 3.20. The third-order valence-electron chi connectivity index (χ3n) is 3.88. The van der Waals surface area contributed by atoms with Crippen molar-refractivity contribution in [2.45, 2.75) is 31.7 Å². The molecule has 0 bridgehead atoms. The molecule has 0 aliphatic heterocycles. The molecule has 3 N–H and O–H groups in total. The van der Waals surface area contributed by atoms with Gasteiger partial charge in [0, 0.05) is 23.5 Å². The monoisotopic (exact) mass is 272 g/mol. The van der Waals surface area contributed by atoms with Crippen molar-refractivity contribution in [2.75, 3.05) is 6.61 Å². The number of aromatic amines is 1. The number of benzene rings is 1. The van der Waals surface area contributed by atoms with E-state index in [1.165, 1.54) is 12.8 Å². The molecule has 0 unspecified atom stereocenters. The van der Waals surface area contributed by atoms with Gasteiger partial charge in [0.25, 0.3) is 0 Å². The van der Waals surface area contributed by atoms with Gasteiger partial charge in [0.2, 0.25) is 0 Å². The topological polar surface area (TPSA) is 68.1 Å². The molecule has 1 saturated carbocycles. The Hall–Kier alpha value is -1.81. The molecule has 0 amide bonds. The maximum absolute atomic E-state index is 11.8. The number of carbonyl (C=O) groups is 1. The van der Waals surface area contributed by atoms with Crippen LogP contribution >= 0.6 is 0 Å². The van der Waals surface area contributed by atoms with Crippen LogP contribution in [-0.4, -0.2) is 23.6 Å². The fourth-order valence-electron chi connectivity index (χ4n) is 2.46. The van der Waals surface area contributed by atoms with Gasteiger partial charge >= 0.3 is 5.97 Å². The number of hydrogen-bond donors (Lipinski definition) is 2. The van der Waals surface area contributed by atoms with Gasteiger partial charge in [-0.1, -0.05) is 31.0 Å². The van der Waals surface area contributed by atoms with E-state index in [0.717, 1.165) is 28.8 Å². The molecule has 1 atom stereocenters. The van der Waals surface area contributed by atoms with Crippen LogP contribution < -0.4 is 5.73 Å². The third kappa shape index (κ3) is 3.02. The van der Waals surface area contributed by atoms with Crippen molar-refractivity contribution >= 4 is 16.9 Å². The lowest BCUT2D eigenvalue weighted by Gasteiger charge is -2.11. The highest BCUT2D eigenvalue weighted by molar-refractivity contribution is 5.84. The summed E-state index contributed by atoms with van der Waals surface area (Å²) in [5, 5.41) is 1.12. The van der Waals surface area contributed by atoms with Gasteiger partial charge in [0.05, 0.1) is 6.61 Å². The van der Waals surface area contributed by atoms with Crippen molar-refractivity contribution in [1.29, 1.82) is 0 Å². The Labute approximate surface area is 118 Å². The molecule has 1 aromatic heterocycles. The molecule has 1 aliphatic rings. The number of nitrogens with two attached hydrogens (primary N) is 1. The molecule has 4 nitrogen and oxygen atoms in total. The molecule has 0 spiro atoms. The predicted molar refractivity (Wildman–Crippen MR) is 78.3 cm³/mol. The Balaban J connectivity index is 1.56. The van der Waals surface area contributed by atoms with Crippen LogP contribution in [0.3, 0.4) is 0 Å². The van der Waals surface area contributed by atoms with Crippen LogP contribution in [-0.2, 0) is 16.0 Å². The van der Waals surface area contributed by atoms with Crippen molar-refractivity contribution in [3.8, 4) is 0 Å². The predicted octanol–water partition coefficient (Wildman–Crippen LogP) is 2.38. The molecular weight excluding hydrogens is 252 g/mol. The maximum Gasteiger partial charge on any atom is 0.323 e. The van der Waals surface area contributed by atoms with E-state index in [2.05, 4.69) is 4.98 Å². The van der Waals surface area contributed by atoms with Gasteiger partial charge in [-0.15, -0.1) is 0 Å². The summed E-state index contributed by atoms with van der Waals surface area (Å²) in [5.41, 5.74) is 8.07. The first kappa shape index (κ1) is 13.2.